The topological polar surface area (TPSA) is 9.86 Å². The number of rotatable bonds is 3. The van der Waals surface area contributed by atoms with E-state index in [1.165, 1.54) is 75.5 Å². The molecule has 0 N–H and O–H groups in total. The number of aromatic nitrogens is 2. The van der Waals surface area contributed by atoms with E-state index >= 15 is 0 Å². The average molecular weight is 541 g/mol. The maximum absolute atomic E-state index is 2.42. The summed E-state index contributed by atoms with van der Waals surface area (Å²) in [4.78, 5) is 1.29. The first-order valence-electron chi connectivity index (χ1n) is 14.0. The Hall–Kier alpha value is -5.12. The molecule has 0 aliphatic rings. The van der Waals surface area contributed by atoms with Crippen LogP contribution in [-0.2, 0) is 0 Å². The molecule has 3 aromatic heterocycles. The highest BCUT2D eigenvalue weighted by Crippen LogP contribution is 2.46. The van der Waals surface area contributed by atoms with Gasteiger partial charge in [-0.25, -0.2) is 0 Å². The van der Waals surface area contributed by atoms with Crippen molar-refractivity contribution in [2.45, 2.75) is 0 Å². The van der Waals surface area contributed by atoms with Crippen LogP contribution in [0, 0.1) is 0 Å². The summed E-state index contributed by atoms with van der Waals surface area (Å²) in [5.41, 5.74) is 8.60. The van der Waals surface area contributed by atoms with Crippen molar-refractivity contribution in [3.63, 3.8) is 0 Å². The van der Waals surface area contributed by atoms with Crippen LogP contribution in [0.1, 0.15) is 0 Å². The van der Waals surface area contributed by atoms with Crippen molar-refractivity contribution in [3.8, 4) is 22.5 Å². The largest absolute Gasteiger partial charge is 0.309 e. The van der Waals surface area contributed by atoms with Gasteiger partial charge in [-0.2, -0.15) is 0 Å². The lowest BCUT2D eigenvalue weighted by Crippen LogP contribution is -1.93. The second-order valence-electron chi connectivity index (χ2n) is 10.6. The molecule has 0 saturated carbocycles. The minimum Gasteiger partial charge on any atom is -0.309 e. The average Bonchev–Trinajstić information content (AvgIpc) is 3.68. The molecule has 41 heavy (non-hydrogen) atoms. The lowest BCUT2D eigenvalue weighted by molar-refractivity contribution is 1.18. The normalized spacial score (nSPS) is 11.9. The molecule has 9 aromatic rings. The van der Waals surface area contributed by atoms with Crippen molar-refractivity contribution in [2.75, 3.05) is 0 Å². The Morgan fingerprint density at radius 1 is 0.390 bits per heavy atom. The highest BCUT2D eigenvalue weighted by Gasteiger charge is 2.20. The number of fused-ring (bicyclic) bond motifs is 8. The highest BCUT2D eigenvalue weighted by molar-refractivity contribution is 7.26. The third kappa shape index (κ3) is 3.24. The van der Waals surface area contributed by atoms with E-state index in [1.54, 1.807) is 0 Å². The fourth-order valence-corrected chi connectivity index (χ4v) is 7.88. The van der Waals surface area contributed by atoms with E-state index in [-0.39, 0.29) is 0 Å². The fraction of sp³-hybridized carbons (Fsp3) is 0. The first kappa shape index (κ1) is 22.7. The molecule has 0 fully saturated rings. The molecule has 0 aliphatic heterocycles. The smallest absolute Gasteiger partial charge is 0.109 e. The van der Waals surface area contributed by atoms with Gasteiger partial charge in [0.15, 0.2) is 0 Å². The summed E-state index contributed by atoms with van der Waals surface area (Å²) in [6, 6.07) is 52.7. The fourth-order valence-electron chi connectivity index (χ4n) is 6.60. The maximum Gasteiger partial charge on any atom is 0.109 e. The van der Waals surface area contributed by atoms with E-state index in [9.17, 15) is 0 Å². The minimum absolute atomic E-state index is 1.18. The molecule has 3 heteroatoms. The van der Waals surface area contributed by atoms with Crippen LogP contribution in [0.25, 0.3) is 75.5 Å². The van der Waals surface area contributed by atoms with Crippen LogP contribution >= 0.6 is 11.3 Å². The lowest BCUT2D eigenvalue weighted by Gasteiger charge is -2.10. The van der Waals surface area contributed by atoms with Gasteiger partial charge in [0.1, 0.15) is 4.83 Å². The standard InChI is InChI=1S/C38H24N2S/c1-2-11-26(12-3-1)40-34-19-9-6-15-31(34)37-36-28(16-10-20-35(36)41-38(37)40)25-21-23-27(24-22-25)39-32-17-7-4-13-29(32)30-14-5-8-18-33(30)39/h1-24H. The number of benzene rings is 6. The van der Waals surface area contributed by atoms with Crippen molar-refractivity contribution < 1.29 is 0 Å². The first-order chi connectivity index (χ1) is 20.4. The highest BCUT2D eigenvalue weighted by atomic mass is 32.1. The Balaban J connectivity index is 1.27. The zero-order valence-electron chi connectivity index (χ0n) is 22.2. The van der Waals surface area contributed by atoms with Crippen molar-refractivity contribution in [3.05, 3.63) is 146 Å². The number of hydrogen-bond acceptors (Lipinski definition) is 1. The number of thiophene rings is 1. The van der Waals surface area contributed by atoms with E-state index in [0.717, 1.165) is 0 Å². The molecular weight excluding hydrogens is 516 g/mol. The lowest BCUT2D eigenvalue weighted by atomic mass is 9.99. The van der Waals surface area contributed by atoms with E-state index in [2.05, 4.69) is 155 Å². The molecule has 0 spiro atoms. The van der Waals surface area contributed by atoms with Crippen LogP contribution in [-0.4, -0.2) is 9.13 Å². The molecule has 2 nitrogen and oxygen atoms in total. The van der Waals surface area contributed by atoms with Gasteiger partial charge in [-0.15, -0.1) is 11.3 Å². The van der Waals surface area contributed by atoms with E-state index in [4.69, 9.17) is 0 Å². The Morgan fingerprint density at radius 2 is 0.951 bits per heavy atom. The van der Waals surface area contributed by atoms with Crippen LogP contribution in [0.15, 0.2) is 146 Å². The molecule has 0 aliphatic carbocycles. The van der Waals surface area contributed by atoms with Crippen molar-refractivity contribution in [2.24, 2.45) is 0 Å². The second kappa shape index (κ2) is 8.69. The van der Waals surface area contributed by atoms with Crippen LogP contribution < -0.4 is 0 Å². The summed E-state index contributed by atoms with van der Waals surface area (Å²) in [5, 5.41) is 6.54. The van der Waals surface area contributed by atoms with Gasteiger partial charge in [0.25, 0.3) is 0 Å². The van der Waals surface area contributed by atoms with Crippen LogP contribution in [0.2, 0.25) is 0 Å². The number of nitrogens with zero attached hydrogens (tertiary/aromatic N) is 2. The second-order valence-corrected chi connectivity index (χ2v) is 11.6. The number of hydrogen-bond donors (Lipinski definition) is 0. The van der Waals surface area contributed by atoms with Crippen molar-refractivity contribution in [1.82, 2.24) is 9.13 Å². The predicted molar refractivity (Wildman–Crippen MR) is 176 cm³/mol. The van der Waals surface area contributed by atoms with Crippen LogP contribution in [0.5, 0.6) is 0 Å². The summed E-state index contributed by atoms with van der Waals surface area (Å²) in [7, 11) is 0. The molecule has 9 rings (SSSR count). The Labute approximate surface area is 240 Å². The number of para-hydroxylation sites is 4. The molecule has 6 aromatic carbocycles. The Kier molecular flexibility index (Phi) is 4.80. The summed E-state index contributed by atoms with van der Waals surface area (Å²) in [6.45, 7) is 0. The third-order valence-corrected chi connectivity index (χ3v) is 9.49. The molecule has 0 bridgehead atoms. The first-order valence-corrected chi connectivity index (χ1v) is 14.8. The zero-order chi connectivity index (χ0) is 26.9. The van der Waals surface area contributed by atoms with Gasteiger partial charge in [-0.3, -0.25) is 0 Å². The molecule has 0 unspecified atom stereocenters. The van der Waals surface area contributed by atoms with Gasteiger partial charge in [0.2, 0.25) is 0 Å². The summed E-state index contributed by atoms with van der Waals surface area (Å²) < 4.78 is 6.12. The van der Waals surface area contributed by atoms with E-state index in [1.807, 2.05) is 11.3 Å². The molecule has 0 amide bonds. The van der Waals surface area contributed by atoms with Gasteiger partial charge in [-0.05, 0) is 59.7 Å². The maximum atomic E-state index is 2.42. The minimum atomic E-state index is 1.18. The quantitative estimate of drug-likeness (QED) is 0.211. The molecule has 3 heterocycles. The monoisotopic (exact) mass is 540 g/mol. The molecule has 0 saturated heterocycles. The SMILES string of the molecule is c1ccc(-n2c3ccccc3c3c4c(-c5ccc(-n6c7ccccc7c7ccccc76)cc5)cccc4sc32)cc1. The predicted octanol–water partition coefficient (Wildman–Crippen LogP) is 10.8. The van der Waals surface area contributed by atoms with Crippen molar-refractivity contribution >= 4 is 64.3 Å². The summed E-state index contributed by atoms with van der Waals surface area (Å²) in [6.07, 6.45) is 0. The van der Waals surface area contributed by atoms with Crippen LogP contribution in [0.4, 0.5) is 0 Å². The molecular formula is C38H24N2S. The summed E-state index contributed by atoms with van der Waals surface area (Å²) >= 11 is 1.88. The van der Waals surface area contributed by atoms with E-state index in [0.29, 0.717) is 0 Å². The Bertz CT molecular complexity index is 2350. The van der Waals surface area contributed by atoms with E-state index < -0.39 is 0 Å². The van der Waals surface area contributed by atoms with Crippen LogP contribution in [0.3, 0.4) is 0 Å². The van der Waals surface area contributed by atoms with Gasteiger partial charge in [0, 0.05) is 43.0 Å². The van der Waals surface area contributed by atoms with Gasteiger partial charge in [0.05, 0.1) is 16.6 Å². The van der Waals surface area contributed by atoms with Crippen molar-refractivity contribution in [1.29, 1.82) is 0 Å². The molecule has 0 radical (unpaired) electrons. The Morgan fingerprint density at radius 3 is 1.63 bits per heavy atom. The molecule has 0 atom stereocenters. The third-order valence-electron chi connectivity index (χ3n) is 8.35. The van der Waals surface area contributed by atoms with Gasteiger partial charge in [-0.1, -0.05) is 97.1 Å². The van der Waals surface area contributed by atoms with Gasteiger partial charge < -0.3 is 9.13 Å². The van der Waals surface area contributed by atoms with Gasteiger partial charge >= 0.3 is 0 Å². The summed E-state index contributed by atoms with van der Waals surface area (Å²) in [5.74, 6) is 0. The zero-order valence-corrected chi connectivity index (χ0v) is 23.0. The molecule has 192 valence electrons.